The summed E-state index contributed by atoms with van der Waals surface area (Å²) in [5.74, 6) is 0.892. The van der Waals surface area contributed by atoms with Gasteiger partial charge in [-0.3, -0.25) is 0 Å². The Bertz CT molecular complexity index is 160. The smallest absolute Gasteiger partial charge is 0.0236 e. The van der Waals surface area contributed by atoms with Crippen LogP contribution in [0, 0.1) is 5.92 Å². The van der Waals surface area contributed by atoms with Crippen molar-refractivity contribution in [3.8, 4) is 0 Å². The van der Waals surface area contributed by atoms with Crippen molar-refractivity contribution < 1.29 is 0 Å². The molecule has 56 valence electrons. The molecule has 2 unspecified atom stereocenters. The minimum absolute atomic E-state index is 0.731. The fraction of sp³-hybridized carbons (Fsp3) is 0.778. The normalized spacial score (nSPS) is 38.3. The Hall–Kier alpha value is -0.460. The van der Waals surface area contributed by atoms with E-state index in [0.29, 0.717) is 0 Å². The van der Waals surface area contributed by atoms with Gasteiger partial charge in [0.25, 0.3) is 0 Å². The predicted molar refractivity (Wildman–Crippen MR) is 42.6 cm³/mol. The van der Waals surface area contributed by atoms with Gasteiger partial charge in [-0.25, -0.2) is 0 Å². The second-order valence-electron chi connectivity index (χ2n) is 3.57. The maximum Gasteiger partial charge on any atom is 0.0236 e. The predicted octanol–water partition coefficient (Wildman–Crippen LogP) is 2.05. The summed E-state index contributed by atoms with van der Waals surface area (Å²) in [5, 5.41) is 3.52. The van der Waals surface area contributed by atoms with Crippen molar-refractivity contribution in [3.05, 3.63) is 11.8 Å². The molecular formula is C9H15N. The van der Waals surface area contributed by atoms with Crippen LogP contribution in [0.5, 0.6) is 0 Å². The van der Waals surface area contributed by atoms with Gasteiger partial charge in [-0.1, -0.05) is 6.08 Å². The number of rotatable bonds is 0. The molecule has 1 saturated heterocycles. The Kier molecular flexibility index (Phi) is 1.44. The number of hydrogen-bond donors (Lipinski definition) is 1. The number of nitrogens with one attached hydrogen (secondary N) is 1. The molecule has 1 nitrogen and oxygen atoms in total. The highest BCUT2D eigenvalue weighted by Gasteiger charge is 2.26. The lowest BCUT2D eigenvalue weighted by Gasteiger charge is -2.15. The van der Waals surface area contributed by atoms with Gasteiger partial charge in [-0.15, -0.1) is 0 Å². The van der Waals surface area contributed by atoms with Crippen LogP contribution in [-0.4, -0.2) is 6.04 Å². The SMILES string of the molecule is CC1CC2CCCC=C2N1. The van der Waals surface area contributed by atoms with Gasteiger partial charge in [-0.05, 0) is 32.6 Å². The molecule has 1 aliphatic carbocycles. The third-order valence-electron chi connectivity index (χ3n) is 2.61. The number of allylic oxidation sites excluding steroid dienone is 2. The molecule has 0 aromatic rings. The van der Waals surface area contributed by atoms with E-state index in [-0.39, 0.29) is 0 Å². The van der Waals surface area contributed by atoms with Crippen molar-refractivity contribution in [1.29, 1.82) is 0 Å². The average Bonchev–Trinajstić information content (AvgIpc) is 2.27. The molecule has 1 N–H and O–H groups in total. The third kappa shape index (κ3) is 0.938. The van der Waals surface area contributed by atoms with Gasteiger partial charge in [0.15, 0.2) is 0 Å². The zero-order valence-corrected chi connectivity index (χ0v) is 6.56. The summed E-state index contributed by atoms with van der Waals surface area (Å²) in [6.07, 6.45) is 7.88. The molecular weight excluding hydrogens is 122 g/mol. The maximum absolute atomic E-state index is 3.52. The monoisotopic (exact) mass is 137 g/mol. The highest BCUT2D eigenvalue weighted by Crippen LogP contribution is 2.32. The molecule has 0 aromatic carbocycles. The molecule has 0 amide bonds. The summed E-state index contributed by atoms with van der Waals surface area (Å²) in [6, 6.07) is 0.731. The average molecular weight is 137 g/mol. The summed E-state index contributed by atoms with van der Waals surface area (Å²) < 4.78 is 0. The van der Waals surface area contributed by atoms with Crippen molar-refractivity contribution in [2.24, 2.45) is 5.92 Å². The van der Waals surface area contributed by atoms with Crippen LogP contribution in [0.3, 0.4) is 0 Å². The quantitative estimate of drug-likeness (QED) is 0.539. The van der Waals surface area contributed by atoms with E-state index in [1.807, 2.05) is 0 Å². The Morgan fingerprint density at radius 3 is 3.30 bits per heavy atom. The molecule has 10 heavy (non-hydrogen) atoms. The summed E-state index contributed by atoms with van der Waals surface area (Å²) in [5.41, 5.74) is 1.54. The zero-order valence-electron chi connectivity index (χ0n) is 6.56. The Labute approximate surface area is 62.5 Å². The summed E-state index contributed by atoms with van der Waals surface area (Å²) in [7, 11) is 0. The molecule has 0 radical (unpaired) electrons. The standard InChI is InChI=1S/C9H15N/c1-7-6-8-4-2-3-5-9(8)10-7/h5,7-8,10H,2-4,6H2,1H3. The number of hydrogen-bond acceptors (Lipinski definition) is 1. The van der Waals surface area contributed by atoms with Crippen LogP contribution in [0.2, 0.25) is 0 Å². The first kappa shape index (κ1) is 6.26. The fourth-order valence-electron chi connectivity index (χ4n) is 2.14. The first-order chi connectivity index (χ1) is 4.86. The van der Waals surface area contributed by atoms with Gasteiger partial charge in [0.2, 0.25) is 0 Å². The van der Waals surface area contributed by atoms with Gasteiger partial charge in [0.05, 0.1) is 0 Å². The van der Waals surface area contributed by atoms with Crippen LogP contribution in [0.1, 0.15) is 32.6 Å². The zero-order chi connectivity index (χ0) is 6.97. The Morgan fingerprint density at radius 1 is 1.60 bits per heavy atom. The minimum atomic E-state index is 0.731. The van der Waals surface area contributed by atoms with Crippen LogP contribution < -0.4 is 5.32 Å². The first-order valence-corrected chi connectivity index (χ1v) is 4.33. The van der Waals surface area contributed by atoms with E-state index in [2.05, 4.69) is 18.3 Å². The van der Waals surface area contributed by atoms with Crippen LogP contribution in [-0.2, 0) is 0 Å². The molecule has 1 heteroatoms. The molecule has 0 saturated carbocycles. The second-order valence-corrected chi connectivity index (χ2v) is 3.57. The molecule has 1 fully saturated rings. The van der Waals surface area contributed by atoms with Gasteiger partial charge in [-0.2, -0.15) is 0 Å². The van der Waals surface area contributed by atoms with E-state index in [0.717, 1.165) is 12.0 Å². The van der Waals surface area contributed by atoms with Crippen LogP contribution in [0.25, 0.3) is 0 Å². The Morgan fingerprint density at radius 2 is 2.50 bits per heavy atom. The summed E-state index contributed by atoms with van der Waals surface area (Å²) >= 11 is 0. The second kappa shape index (κ2) is 2.30. The van der Waals surface area contributed by atoms with Gasteiger partial charge < -0.3 is 5.32 Å². The lowest BCUT2D eigenvalue weighted by molar-refractivity contribution is 0.514. The third-order valence-corrected chi connectivity index (χ3v) is 2.61. The van der Waals surface area contributed by atoms with E-state index >= 15 is 0 Å². The molecule has 0 spiro atoms. The minimum Gasteiger partial charge on any atom is -0.386 e. The van der Waals surface area contributed by atoms with Crippen LogP contribution in [0.4, 0.5) is 0 Å². The largest absolute Gasteiger partial charge is 0.386 e. The van der Waals surface area contributed by atoms with Crippen LogP contribution in [0.15, 0.2) is 11.8 Å². The molecule has 0 aromatic heterocycles. The topological polar surface area (TPSA) is 12.0 Å². The molecule has 2 aliphatic rings. The molecule has 2 atom stereocenters. The lowest BCUT2D eigenvalue weighted by atomic mass is 9.92. The lowest BCUT2D eigenvalue weighted by Crippen LogP contribution is -2.16. The molecule has 1 aliphatic heterocycles. The molecule has 0 bridgehead atoms. The van der Waals surface area contributed by atoms with Crippen molar-refractivity contribution >= 4 is 0 Å². The number of fused-ring (bicyclic) bond motifs is 1. The molecule has 2 rings (SSSR count). The van der Waals surface area contributed by atoms with Crippen molar-refractivity contribution in [2.45, 2.75) is 38.6 Å². The van der Waals surface area contributed by atoms with E-state index in [1.54, 1.807) is 5.70 Å². The highest BCUT2D eigenvalue weighted by atomic mass is 15.0. The molecule has 1 heterocycles. The van der Waals surface area contributed by atoms with E-state index in [9.17, 15) is 0 Å². The first-order valence-electron chi connectivity index (χ1n) is 4.33. The fourth-order valence-corrected chi connectivity index (χ4v) is 2.14. The van der Waals surface area contributed by atoms with Crippen molar-refractivity contribution in [2.75, 3.05) is 0 Å². The van der Waals surface area contributed by atoms with Gasteiger partial charge in [0, 0.05) is 17.7 Å². The summed E-state index contributed by atoms with van der Waals surface area (Å²) in [6.45, 7) is 2.28. The van der Waals surface area contributed by atoms with E-state index in [1.165, 1.54) is 25.7 Å². The van der Waals surface area contributed by atoms with Crippen LogP contribution >= 0.6 is 0 Å². The maximum atomic E-state index is 3.52. The van der Waals surface area contributed by atoms with Gasteiger partial charge in [0.1, 0.15) is 0 Å². The Balaban J connectivity index is 2.13. The van der Waals surface area contributed by atoms with Crippen molar-refractivity contribution in [1.82, 2.24) is 5.32 Å². The van der Waals surface area contributed by atoms with E-state index < -0.39 is 0 Å². The van der Waals surface area contributed by atoms with Gasteiger partial charge >= 0.3 is 0 Å². The van der Waals surface area contributed by atoms with E-state index in [4.69, 9.17) is 0 Å². The highest BCUT2D eigenvalue weighted by molar-refractivity contribution is 5.13. The summed E-state index contributed by atoms with van der Waals surface area (Å²) in [4.78, 5) is 0. The van der Waals surface area contributed by atoms with Crippen molar-refractivity contribution in [3.63, 3.8) is 0 Å².